The maximum atomic E-state index is 5.44. The van der Waals surface area contributed by atoms with E-state index >= 15 is 0 Å². The van der Waals surface area contributed by atoms with Crippen LogP contribution >= 0.6 is 0 Å². The molecule has 1 heterocycles. The predicted molar refractivity (Wildman–Crippen MR) is 58.9 cm³/mol. The molecule has 1 aliphatic rings. The molecule has 0 saturated carbocycles. The number of hydrogen-bond acceptors (Lipinski definition) is 4. The third-order valence-corrected chi connectivity index (χ3v) is 2.12. The van der Waals surface area contributed by atoms with Crippen LogP contribution in [0.15, 0.2) is 29.9 Å². The van der Waals surface area contributed by atoms with E-state index in [9.17, 15) is 0 Å². The summed E-state index contributed by atoms with van der Waals surface area (Å²) in [5, 5.41) is 0. The summed E-state index contributed by atoms with van der Waals surface area (Å²) in [6.45, 7) is 10.6. The highest BCUT2D eigenvalue weighted by Crippen LogP contribution is 2.23. The van der Waals surface area contributed by atoms with E-state index in [0.29, 0.717) is 24.8 Å². The van der Waals surface area contributed by atoms with Crippen molar-refractivity contribution in [3.63, 3.8) is 0 Å². The molecule has 0 radical (unpaired) electrons. The monoisotopic (exact) mass is 211 g/mol. The lowest BCUT2D eigenvalue weighted by Crippen LogP contribution is -2.47. The zero-order valence-corrected chi connectivity index (χ0v) is 9.23. The molecule has 15 heavy (non-hydrogen) atoms. The Morgan fingerprint density at radius 1 is 1.67 bits per heavy atom. The molecule has 2 atom stereocenters. The highest BCUT2D eigenvalue weighted by Gasteiger charge is 2.35. The van der Waals surface area contributed by atoms with Crippen molar-refractivity contribution in [1.82, 2.24) is 0 Å². The molecule has 4 heteroatoms. The molecule has 0 aliphatic carbocycles. The van der Waals surface area contributed by atoms with Gasteiger partial charge in [0, 0.05) is 6.61 Å². The standard InChI is InChI=1S/C11H17NO3/c1-5-10(13-4)12-8(3)11-9(7-15-11)14-6-2/h5,9,11H,1,3,6-7H2,2,4H3. The van der Waals surface area contributed by atoms with Gasteiger partial charge in [-0.3, -0.25) is 0 Å². The molecule has 0 N–H and O–H groups in total. The summed E-state index contributed by atoms with van der Waals surface area (Å²) in [7, 11) is 1.54. The van der Waals surface area contributed by atoms with Crippen LogP contribution in [-0.4, -0.2) is 38.4 Å². The predicted octanol–water partition coefficient (Wildman–Crippen LogP) is 1.53. The van der Waals surface area contributed by atoms with Gasteiger partial charge in [0.15, 0.2) is 0 Å². The summed E-state index contributed by atoms with van der Waals surface area (Å²) in [4.78, 5) is 4.14. The molecule has 1 saturated heterocycles. The van der Waals surface area contributed by atoms with Gasteiger partial charge in [-0.2, -0.15) is 0 Å². The zero-order chi connectivity index (χ0) is 11.3. The Labute approximate surface area is 90.2 Å². The average molecular weight is 211 g/mol. The van der Waals surface area contributed by atoms with E-state index in [2.05, 4.69) is 18.2 Å². The van der Waals surface area contributed by atoms with Gasteiger partial charge in [0.05, 0.1) is 19.4 Å². The first kappa shape index (κ1) is 11.9. The van der Waals surface area contributed by atoms with Crippen LogP contribution in [0.25, 0.3) is 0 Å². The minimum atomic E-state index is -0.157. The average Bonchev–Trinajstić information content (AvgIpc) is 2.20. The van der Waals surface area contributed by atoms with Crippen molar-refractivity contribution in [2.75, 3.05) is 20.3 Å². The maximum Gasteiger partial charge on any atom is 0.212 e. The van der Waals surface area contributed by atoms with Gasteiger partial charge in [-0.15, -0.1) is 0 Å². The van der Waals surface area contributed by atoms with Crippen LogP contribution in [0.5, 0.6) is 0 Å². The Hall–Kier alpha value is -1.13. The van der Waals surface area contributed by atoms with E-state index < -0.39 is 0 Å². The van der Waals surface area contributed by atoms with Crippen LogP contribution in [0, 0.1) is 0 Å². The summed E-state index contributed by atoms with van der Waals surface area (Å²) < 4.78 is 15.7. The molecule has 0 spiro atoms. The Morgan fingerprint density at radius 3 is 2.80 bits per heavy atom. The second-order valence-corrected chi connectivity index (χ2v) is 3.10. The number of aliphatic imine (C=N–C) groups is 1. The molecule has 1 aliphatic heterocycles. The Bertz CT molecular complexity index is 273. The first-order chi connectivity index (χ1) is 7.22. The molecule has 84 valence electrons. The molecule has 0 amide bonds. The van der Waals surface area contributed by atoms with E-state index in [1.807, 2.05) is 6.92 Å². The molecule has 0 aromatic rings. The molecule has 1 fully saturated rings. The van der Waals surface area contributed by atoms with Crippen LogP contribution in [0.3, 0.4) is 0 Å². The van der Waals surface area contributed by atoms with Crippen LogP contribution in [0.2, 0.25) is 0 Å². The molecule has 0 aromatic heterocycles. The van der Waals surface area contributed by atoms with Gasteiger partial charge in [0.2, 0.25) is 5.90 Å². The molecular weight excluding hydrogens is 194 g/mol. The highest BCUT2D eigenvalue weighted by molar-refractivity contribution is 5.87. The summed E-state index contributed by atoms with van der Waals surface area (Å²) in [6.07, 6.45) is 1.43. The van der Waals surface area contributed by atoms with E-state index in [1.165, 1.54) is 13.2 Å². The van der Waals surface area contributed by atoms with Gasteiger partial charge in [0.25, 0.3) is 0 Å². The van der Waals surface area contributed by atoms with Crippen molar-refractivity contribution in [1.29, 1.82) is 0 Å². The van der Waals surface area contributed by atoms with Crippen molar-refractivity contribution in [3.05, 3.63) is 24.9 Å². The first-order valence-electron chi connectivity index (χ1n) is 4.90. The van der Waals surface area contributed by atoms with Crippen molar-refractivity contribution < 1.29 is 14.2 Å². The Kier molecular flexibility index (Phi) is 4.52. The fourth-order valence-corrected chi connectivity index (χ4v) is 1.31. The van der Waals surface area contributed by atoms with Crippen molar-refractivity contribution >= 4 is 5.90 Å². The quantitative estimate of drug-likeness (QED) is 0.511. The molecule has 2 unspecified atom stereocenters. The lowest BCUT2D eigenvalue weighted by atomic mass is 10.1. The van der Waals surface area contributed by atoms with Gasteiger partial charge in [0.1, 0.15) is 12.2 Å². The lowest BCUT2D eigenvalue weighted by molar-refractivity contribution is -0.169. The van der Waals surface area contributed by atoms with Crippen molar-refractivity contribution in [3.8, 4) is 0 Å². The Morgan fingerprint density at radius 2 is 2.40 bits per heavy atom. The number of methoxy groups -OCH3 is 1. The zero-order valence-electron chi connectivity index (χ0n) is 9.23. The molecule has 0 bridgehead atoms. The third-order valence-electron chi connectivity index (χ3n) is 2.12. The van der Waals surface area contributed by atoms with Gasteiger partial charge >= 0.3 is 0 Å². The van der Waals surface area contributed by atoms with Crippen LogP contribution in [0.4, 0.5) is 0 Å². The SMILES string of the molecule is C=CC(=NC(=C)C1OCC1OCC)OC. The number of rotatable bonds is 5. The third kappa shape index (κ3) is 2.91. The minimum Gasteiger partial charge on any atom is -0.481 e. The fraction of sp³-hybridized carbons (Fsp3) is 0.545. The largest absolute Gasteiger partial charge is 0.481 e. The van der Waals surface area contributed by atoms with Crippen LogP contribution < -0.4 is 0 Å². The van der Waals surface area contributed by atoms with Crippen molar-refractivity contribution in [2.24, 2.45) is 4.99 Å². The molecular formula is C11H17NO3. The topological polar surface area (TPSA) is 40.0 Å². The molecule has 4 nitrogen and oxygen atoms in total. The van der Waals surface area contributed by atoms with Gasteiger partial charge in [-0.25, -0.2) is 4.99 Å². The fourth-order valence-electron chi connectivity index (χ4n) is 1.31. The van der Waals surface area contributed by atoms with Crippen molar-refractivity contribution in [2.45, 2.75) is 19.1 Å². The first-order valence-corrected chi connectivity index (χ1v) is 4.90. The second kappa shape index (κ2) is 5.68. The number of hydrogen-bond donors (Lipinski definition) is 0. The normalized spacial score (nSPS) is 25.6. The van der Waals surface area contributed by atoms with Crippen LogP contribution in [0.1, 0.15) is 6.92 Å². The Balaban J connectivity index is 2.53. The second-order valence-electron chi connectivity index (χ2n) is 3.10. The highest BCUT2D eigenvalue weighted by atomic mass is 16.6. The van der Waals surface area contributed by atoms with E-state index in [1.54, 1.807) is 0 Å². The van der Waals surface area contributed by atoms with Gasteiger partial charge < -0.3 is 14.2 Å². The van der Waals surface area contributed by atoms with E-state index in [0.717, 1.165) is 0 Å². The maximum absolute atomic E-state index is 5.44. The lowest BCUT2D eigenvalue weighted by Gasteiger charge is -2.36. The summed E-state index contributed by atoms with van der Waals surface area (Å²) >= 11 is 0. The molecule has 1 rings (SSSR count). The molecule has 0 aromatic carbocycles. The van der Waals surface area contributed by atoms with Gasteiger partial charge in [-0.1, -0.05) is 13.2 Å². The summed E-state index contributed by atoms with van der Waals surface area (Å²) in [5.41, 5.74) is 0.608. The summed E-state index contributed by atoms with van der Waals surface area (Å²) in [6, 6.07) is 0. The van der Waals surface area contributed by atoms with E-state index in [4.69, 9.17) is 14.2 Å². The number of nitrogens with zero attached hydrogens (tertiary/aromatic N) is 1. The summed E-state index contributed by atoms with van der Waals surface area (Å²) in [5.74, 6) is 0.436. The number of ether oxygens (including phenoxy) is 3. The minimum absolute atomic E-state index is 0.0640. The smallest absolute Gasteiger partial charge is 0.212 e. The van der Waals surface area contributed by atoms with Crippen LogP contribution in [-0.2, 0) is 14.2 Å². The van der Waals surface area contributed by atoms with E-state index in [-0.39, 0.29) is 12.2 Å². The van der Waals surface area contributed by atoms with Gasteiger partial charge in [-0.05, 0) is 13.0 Å².